The van der Waals surface area contributed by atoms with Crippen LogP contribution >= 0.6 is 0 Å². The van der Waals surface area contributed by atoms with Gasteiger partial charge < -0.3 is 19.3 Å². The number of aliphatic hydroxyl groups excluding tert-OH is 1. The van der Waals surface area contributed by atoms with Gasteiger partial charge in [0, 0.05) is 30.5 Å². The fourth-order valence-corrected chi connectivity index (χ4v) is 4.64. The first-order valence-corrected chi connectivity index (χ1v) is 11.5. The minimum atomic E-state index is -0.528. The Morgan fingerprint density at radius 2 is 1.97 bits per heavy atom. The highest BCUT2D eigenvalue weighted by atomic mass is 16.5. The van der Waals surface area contributed by atoms with Crippen LogP contribution in [0.3, 0.4) is 0 Å². The lowest BCUT2D eigenvalue weighted by Crippen LogP contribution is -2.36. The molecule has 0 bridgehead atoms. The number of aryl methyl sites for hydroxylation is 1. The molecule has 1 aromatic heterocycles. The first-order chi connectivity index (χ1) is 14.7. The van der Waals surface area contributed by atoms with E-state index in [1.165, 1.54) is 24.4 Å². The molecule has 0 saturated carbocycles. The highest BCUT2D eigenvalue weighted by Gasteiger charge is 2.28. The van der Waals surface area contributed by atoms with Crippen LogP contribution in [0.15, 0.2) is 28.1 Å². The summed E-state index contributed by atoms with van der Waals surface area (Å²) in [5.41, 5.74) is 4.50. The van der Waals surface area contributed by atoms with Crippen molar-refractivity contribution < 1.29 is 14.6 Å². The molecule has 0 spiro atoms. The third kappa shape index (κ3) is 5.12. The van der Waals surface area contributed by atoms with Gasteiger partial charge in [-0.1, -0.05) is 13.8 Å². The van der Waals surface area contributed by atoms with Gasteiger partial charge in [0.05, 0.1) is 12.3 Å². The van der Waals surface area contributed by atoms with Crippen LogP contribution in [-0.4, -0.2) is 52.5 Å². The number of carbonyl (C=O) groups is 1. The van der Waals surface area contributed by atoms with E-state index in [0.29, 0.717) is 17.5 Å². The standard InChI is InChI=1S/C25H37N3O3/c1-7-31-25(30)23-18(5)26-22(24(23)29)15-20-14-17(4)28(19(20)6)21-9-12-27(13-10-21)11-8-16(2)3/h14-16,21,29H,7-13H2,1-6H3/b22-15+. The first-order valence-electron chi connectivity index (χ1n) is 11.5. The van der Waals surface area contributed by atoms with Crippen LogP contribution < -0.4 is 0 Å². The fraction of sp³-hybridized carbons (Fsp3) is 0.600. The van der Waals surface area contributed by atoms with Gasteiger partial charge in [-0.05, 0) is 77.1 Å². The molecule has 2 aliphatic rings. The molecule has 6 heteroatoms. The number of nitrogens with zero attached hydrogens (tertiary/aromatic N) is 3. The smallest absolute Gasteiger partial charge is 0.343 e. The molecule has 0 radical (unpaired) electrons. The fourth-order valence-electron chi connectivity index (χ4n) is 4.64. The summed E-state index contributed by atoms with van der Waals surface area (Å²) in [7, 11) is 0. The van der Waals surface area contributed by atoms with Crippen LogP contribution in [0.1, 0.15) is 70.0 Å². The van der Waals surface area contributed by atoms with Crippen LogP contribution in [0.2, 0.25) is 0 Å². The van der Waals surface area contributed by atoms with Gasteiger partial charge in [-0.3, -0.25) is 0 Å². The second kappa shape index (κ2) is 9.86. The van der Waals surface area contributed by atoms with Crippen molar-refractivity contribution in [3.63, 3.8) is 0 Å². The van der Waals surface area contributed by atoms with Crippen molar-refractivity contribution in [2.24, 2.45) is 10.9 Å². The molecule has 3 heterocycles. The maximum Gasteiger partial charge on any atom is 0.343 e. The van der Waals surface area contributed by atoms with Gasteiger partial charge in [0.2, 0.25) is 0 Å². The van der Waals surface area contributed by atoms with Crippen molar-refractivity contribution in [2.45, 2.75) is 66.8 Å². The van der Waals surface area contributed by atoms with Crippen molar-refractivity contribution >= 4 is 17.8 Å². The van der Waals surface area contributed by atoms with E-state index in [-0.39, 0.29) is 17.9 Å². The second-order valence-electron chi connectivity index (χ2n) is 9.12. The topological polar surface area (TPSA) is 67.1 Å². The Labute approximate surface area is 186 Å². The van der Waals surface area contributed by atoms with Crippen LogP contribution in [0, 0.1) is 19.8 Å². The molecule has 0 aromatic carbocycles. The Morgan fingerprint density at radius 1 is 1.29 bits per heavy atom. The summed E-state index contributed by atoms with van der Waals surface area (Å²) in [4.78, 5) is 19.2. The number of hydrogen-bond acceptors (Lipinski definition) is 5. The van der Waals surface area contributed by atoms with E-state index in [1.54, 1.807) is 13.8 Å². The van der Waals surface area contributed by atoms with E-state index in [9.17, 15) is 9.90 Å². The lowest BCUT2D eigenvalue weighted by atomic mass is 10.0. The van der Waals surface area contributed by atoms with Gasteiger partial charge in [0.1, 0.15) is 11.3 Å². The number of piperidine rings is 1. The van der Waals surface area contributed by atoms with E-state index in [0.717, 1.165) is 37.4 Å². The summed E-state index contributed by atoms with van der Waals surface area (Å²) in [5.74, 6) is 0.123. The van der Waals surface area contributed by atoms with E-state index in [2.05, 4.69) is 48.2 Å². The number of hydrogen-bond donors (Lipinski definition) is 1. The summed E-state index contributed by atoms with van der Waals surface area (Å²) in [6, 6.07) is 2.64. The van der Waals surface area contributed by atoms with Crippen LogP contribution in [0.25, 0.3) is 6.08 Å². The predicted octanol–water partition coefficient (Wildman–Crippen LogP) is 4.98. The third-order valence-corrected chi connectivity index (χ3v) is 6.37. The Hall–Kier alpha value is -2.34. The van der Waals surface area contributed by atoms with Gasteiger partial charge in [-0.15, -0.1) is 0 Å². The molecule has 2 aliphatic heterocycles. The number of ether oxygens (including phenoxy) is 1. The minimum absolute atomic E-state index is 0.0980. The average molecular weight is 428 g/mol. The largest absolute Gasteiger partial charge is 0.505 e. The van der Waals surface area contributed by atoms with Crippen LogP contribution in [0.5, 0.6) is 0 Å². The zero-order valence-corrected chi connectivity index (χ0v) is 19.9. The molecule has 170 valence electrons. The monoisotopic (exact) mass is 427 g/mol. The predicted molar refractivity (Wildman–Crippen MR) is 125 cm³/mol. The lowest BCUT2D eigenvalue weighted by Gasteiger charge is -2.34. The van der Waals surface area contributed by atoms with Crippen molar-refractivity contribution in [1.82, 2.24) is 9.47 Å². The third-order valence-electron chi connectivity index (χ3n) is 6.37. The van der Waals surface area contributed by atoms with Crippen molar-refractivity contribution in [1.29, 1.82) is 0 Å². The summed E-state index contributed by atoms with van der Waals surface area (Å²) in [5, 5.41) is 10.6. The molecule has 3 rings (SSSR count). The maximum absolute atomic E-state index is 12.1. The van der Waals surface area contributed by atoms with Crippen LogP contribution in [-0.2, 0) is 9.53 Å². The van der Waals surface area contributed by atoms with Crippen molar-refractivity contribution in [2.75, 3.05) is 26.2 Å². The quantitative estimate of drug-likeness (QED) is 0.623. The van der Waals surface area contributed by atoms with Gasteiger partial charge in [0.25, 0.3) is 0 Å². The minimum Gasteiger partial charge on any atom is -0.505 e. The van der Waals surface area contributed by atoms with E-state index in [1.807, 2.05) is 6.08 Å². The Kier molecular flexibility index (Phi) is 7.42. The Balaban J connectivity index is 1.78. The molecule has 0 unspecified atom stereocenters. The molecule has 6 nitrogen and oxygen atoms in total. The zero-order chi connectivity index (χ0) is 22.7. The highest BCUT2D eigenvalue weighted by Crippen LogP contribution is 2.32. The molecule has 1 fully saturated rings. The summed E-state index contributed by atoms with van der Waals surface area (Å²) < 4.78 is 7.49. The van der Waals surface area contributed by atoms with Crippen molar-refractivity contribution in [3.05, 3.63) is 40.0 Å². The number of esters is 1. The molecule has 31 heavy (non-hydrogen) atoms. The Morgan fingerprint density at radius 3 is 2.58 bits per heavy atom. The molecule has 0 atom stereocenters. The van der Waals surface area contributed by atoms with Crippen molar-refractivity contribution in [3.8, 4) is 0 Å². The summed E-state index contributed by atoms with van der Waals surface area (Å²) in [6.07, 6.45) is 5.44. The lowest BCUT2D eigenvalue weighted by molar-refractivity contribution is -0.138. The second-order valence-corrected chi connectivity index (χ2v) is 9.12. The zero-order valence-electron chi connectivity index (χ0n) is 19.9. The van der Waals surface area contributed by atoms with E-state index < -0.39 is 5.97 Å². The number of aromatic nitrogens is 1. The Bertz CT molecular complexity index is 913. The van der Waals surface area contributed by atoms with Gasteiger partial charge in [-0.25, -0.2) is 9.79 Å². The number of carbonyl (C=O) groups excluding carboxylic acids is 1. The summed E-state index contributed by atoms with van der Waals surface area (Å²) >= 11 is 0. The normalized spacial score (nSPS) is 19.6. The first kappa shape index (κ1) is 23.3. The van der Waals surface area contributed by atoms with Gasteiger partial charge >= 0.3 is 5.97 Å². The number of aliphatic hydroxyl groups is 1. The molecule has 1 saturated heterocycles. The average Bonchev–Trinajstić information content (AvgIpc) is 3.15. The molecular weight excluding hydrogens is 390 g/mol. The van der Waals surface area contributed by atoms with Gasteiger partial charge in [0.15, 0.2) is 5.76 Å². The summed E-state index contributed by atoms with van der Waals surface area (Å²) in [6.45, 7) is 16.0. The number of aliphatic imine (C=N–C) groups is 1. The maximum atomic E-state index is 12.1. The van der Waals surface area contributed by atoms with E-state index >= 15 is 0 Å². The molecule has 1 N–H and O–H groups in total. The molecular formula is C25H37N3O3. The number of rotatable bonds is 7. The van der Waals surface area contributed by atoms with Crippen LogP contribution in [0.4, 0.5) is 0 Å². The SMILES string of the molecule is CCOC(=O)C1=C(O)/C(=C\c2cc(C)n(C3CCN(CCC(C)C)CC3)c2C)N=C1C. The highest BCUT2D eigenvalue weighted by molar-refractivity contribution is 6.22. The van der Waals surface area contributed by atoms with E-state index in [4.69, 9.17) is 4.74 Å². The molecule has 0 amide bonds. The molecule has 0 aliphatic carbocycles. The van der Waals surface area contributed by atoms with Gasteiger partial charge in [-0.2, -0.15) is 0 Å². The molecule has 1 aromatic rings. The number of likely N-dealkylation sites (tertiary alicyclic amines) is 1.